The number of rotatable bonds is 7. The van der Waals surface area contributed by atoms with Gasteiger partial charge in [-0.05, 0) is 38.0 Å². The van der Waals surface area contributed by atoms with Crippen LogP contribution in [0.15, 0.2) is 48.7 Å². The van der Waals surface area contributed by atoms with Gasteiger partial charge in [0, 0.05) is 13.3 Å². The van der Waals surface area contributed by atoms with Crippen LogP contribution in [0.1, 0.15) is 29.8 Å². The van der Waals surface area contributed by atoms with Gasteiger partial charge >= 0.3 is 6.03 Å². The molecule has 2 N–H and O–H groups in total. The summed E-state index contributed by atoms with van der Waals surface area (Å²) in [6.07, 6.45) is 2.42. The maximum Gasteiger partial charge on any atom is 0.315 e. The molecule has 0 spiro atoms. The number of urea groups is 1. The topological polar surface area (TPSA) is 63.2 Å². The van der Waals surface area contributed by atoms with Crippen molar-refractivity contribution in [2.45, 2.75) is 32.4 Å². The standard InChI is InChI=1S/C19H25N3O2/c1-14-7-9-16(10-8-14)12-18(17-6-4-5-11-20-17)22-19(23)21-15(2)13-24-3/h4-11,15,18H,12-13H2,1-3H3,(H2,21,22,23). The number of nitrogens with zero attached hydrogens (tertiary/aromatic N) is 1. The summed E-state index contributed by atoms with van der Waals surface area (Å²) in [5.41, 5.74) is 3.21. The summed E-state index contributed by atoms with van der Waals surface area (Å²) < 4.78 is 5.05. The number of benzene rings is 1. The summed E-state index contributed by atoms with van der Waals surface area (Å²) in [6.45, 7) is 4.43. The molecule has 0 saturated carbocycles. The Morgan fingerprint density at radius 1 is 1.17 bits per heavy atom. The Balaban J connectivity index is 2.08. The molecule has 1 heterocycles. The van der Waals surface area contributed by atoms with Crippen LogP contribution >= 0.6 is 0 Å². The number of hydrogen-bond acceptors (Lipinski definition) is 3. The molecule has 0 aliphatic heterocycles. The fourth-order valence-electron chi connectivity index (χ4n) is 2.49. The second-order valence-corrected chi connectivity index (χ2v) is 5.97. The first kappa shape index (κ1) is 17.9. The summed E-state index contributed by atoms with van der Waals surface area (Å²) in [5, 5.41) is 5.89. The summed E-state index contributed by atoms with van der Waals surface area (Å²) in [4.78, 5) is 16.6. The average Bonchev–Trinajstić information content (AvgIpc) is 2.57. The van der Waals surface area contributed by atoms with Gasteiger partial charge in [-0.3, -0.25) is 4.98 Å². The van der Waals surface area contributed by atoms with E-state index in [0.717, 1.165) is 11.3 Å². The van der Waals surface area contributed by atoms with Crippen LogP contribution in [0.2, 0.25) is 0 Å². The number of ether oxygens (including phenoxy) is 1. The van der Waals surface area contributed by atoms with Gasteiger partial charge in [-0.25, -0.2) is 4.79 Å². The van der Waals surface area contributed by atoms with Crippen LogP contribution < -0.4 is 10.6 Å². The van der Waals surface area contributed by atoms with Gasteiger partial charge in [-0.2, -0.15) is 0 Å². The van der Waals surface area contributed by atoms with Crippen LogP contribution in [0.25, 0.3) is 0 Å². The maximum atomic E-state index is 12.3. The van der Waals surface area contributed by atoms with Gasteiger partial charge in [0.25, 0.3) is 0 Å². The number of nitrogens with one attached hydrogen (secondary N) is 2. The van der Waals surface area contributed by atoms with Gasteiger partial charge in [-0.1, -0.05) is 35.9 Å². The normalized spacial score (nSPS) is 13.1. The minimum atomic E-state index is -0.220. The molecule has 0 radical (unpaired) electrons. The molecule has 2 aromatic rings. The third-order valence-corrected chi connectivity index (χ3v) is 3.70. The van der Waals surface area contributed by atoms with E-state index in [4.69, 9.17) is 4.74 Å². The maximum absolute atomic E-state index is 12.3. The highest BCUT2D eigenvalue weighted by atomic mass is 16.5. The fraction of sp³-hybridized carbons (Fsp3) is 0.368. The van der Waals surface area contributed by atoms with Crippen molar-refractivity contribution in [2.75, 3.05) is 13.7 Å². The third kappa shape index (κ3) is 5.66. The number of aromatic nitrogens is 1. The van der Waals surface area contributed by atoms with E-state index in [1.807, 2.05) is 25.1 Å². The predicted octanol–water partition coefficient (Wildman–Crippen LogP) is 3.01. The minimum Gasteiger partial charge on any atom is -0.383 e. The Labute approximate surface area is 143 Å². The Hall–Kier alpha value is -2.40. The Morgan fingerprint density at radius 2 is 1.92 bits per heavy atom. The summed E-state index contributed by atoms with van der Waals surface area (Å²) in [7, 11) is 1.62. The van der Waals surface area contributed by atoms with Crippen molar-refractivity contribution in [3.8, 4) is 0 Å². The van der Waals surface area contributed by atoms with Crippen LogP contribution in [-0.2, 0) is 11.2 Å². The molecule has 2 amide bonds. The van der Waals surface area contributed by atoms with E-state index < -0.39 is 0 Å². The van der Waals surface area contributed by atoms with E-state index in [2.05, 4.69) is 46.8 Å². The first-order valence-corrected chi connectivity index (χ1v) is 8.11. The van der Waals surface area contributed by atoms with Crippen molar-refractivity contribution >= 4 is 6.03 Å². The van der Waals surface area contributed by atoms with Crippen molar-refractivity contribution in [3.63, 3.8) is 0 Å². The molecule has 1 aromatic heterocycles. The third-order valence-electron chi connectivity index (χ3n) is 3.70. The van der Waals surface area contributed by atoms with Gasteiger partial charge in [0.1, 0.15) is 0 Å². The second-order valence-electron chi connectivity index (χ2n) is 5.97. The average molecular weight is 327 g/mol. The summed E-state index contributed by atoms with van der Waals surface area (Å²) in [6, 6.07) is 13.6. The summed E-state index contributed by atoms with van der Waals surface area (Å²) in [5.74, 6) is 0. The molecule has 0 bridgehead atoms. The molecule has 1 aromatic carbocycles. The smallest absolute Gasteiger partial charge is 0.315 e. The molecule has 2 unspecified atom stereocenters. The molecule has 128 valence electrons. The van der Waals surface area contributed by atoms with Crippen molar-refractivity contribution < 1.29 is 9.53 Å². The lowest BCUT2D eigenvalue weighted by molar-refractivity contribution is 0.170. The molecule has 0 aliphatic rings. The van der Waals surface area contributed by atoms with Crippen molar-refractivity contribution in [1.82, 2.24) is 15.6 Å². The van der Waals surface area contributed by atoms with E-state index in [9.17, 15) is 4.79 Å². The fourth-order valence-corrected chi connectivity index (χ4v) is 2.49. The van der Waals surface area contributed by atoms with Crippen LogP contribution in [0.5, 0.6) is 0 Å². The van der Waals surface area contributed by atoms with E-state index in [1.165, 1.54) is 5.56 Å². The number of carbonyl (C=O) groups is 1. The van der Waals surface area contributed by atoms with Crippen molar-refractivity contribution in [3.05, 3.63) is 65.5 Å². The van der Waals surface area contributed by atoms with Gasteiger partial charge < -0.3 is 15.4 Å². The largest absolute Gasteiger partial charge is 0.383 e. The zero-order valence-electron chi connectivity index (χ0n) is 14.5. The Kier molecular flexibility index (Phi) is 6.75. The van der Waals surface area contributed by atoms with Crippen LogP contribution in [0.4, 0.5) is 4.79 Å². The first-order valence-electron chi connectivity index (χ1n) is 8.11. The van der Waals surface area contributed by atoms with Crippen molar-refractivity contribution in [2.24, 2.45) is 0 Å². The second kappa shape index (κ2) is 9.03. The van der Waals surface area contributed by atoms with Crippen LogP contribution in [-0.4, -0.2) is 30.8 Å². The van der Waals surface area contributed by atoms with Crippen LogP contribution in [0, 0.1) is 6.92 Å². The van der Waals surface area contributed by atoms with Gasteiger partial charge in [0.05, 0.1) is 24.4 Å². The van der Waals surface area contributed by atoms with E-state index in [-0.39, 0.29) is 18.1 Å². The van der Waals surface area contributed by atoms with Crippen LogP contribution in [0.3, 0.4) is 0 Å². The molecule has 24 heavy (non-hydrogen) atoms. The number of amides is 2. The molecule has 0 aliphatic carbocycles. The lowest BCUT2D eigenvalue weighted by atomic mass is 10.0. The van der Waals surface area contributed by atoms with Gasteiger partial charge in [0.15, 0.2) is 0 Å². The molecule has 2 atom stereocenters. The quantitative estimate of drug-likeness (QED) is 0.822. The van der Waals surface area contributed by atoms with E-state index in [1.54, 1.807) is 13.3 Å². The van der Waals surface area contributed by atoms with Gasteiger partial charge in [0.2, 0.25) is 0 Å². The molecule has 2 rings (SSSR count). The lowest BCUT2D eigenvalue weighted by Crippen LogP contribution is -2.44. The Morgan fingerprint density at radius 3 is 2.54 bits per heavy atom. The zero-order valence-corrected chi connectivity index (χ0v) is 14.5. The van der Waals surface area contributed by atoms with E-state index >= 15 is 0 Å². The highest BCUT2D eigenvalue weighted by Gasteiger charge is 2.17. The SMILES string of the molecule is COCC(C)NC(=O)NC(Cc1ccc(C)cc1)c1ccccn1. The molecule has 5 nitrogen and oxygen atoms in total. The minimum absolute atomic E-state index is 0.0567. The highest BCUT2D eigenvalue weighted by Crippen LogP contribution is 2.17. The van der Waals surface area contributed by atoms with Crippen molar-refractivity contribution in [1.29, 1.82) is 0 Å². The number of pyridine rings is 1. The first-order chi connectivity index (χ1) is 11.6. The Bertz CT molecular complexity index is 629. The van der Waals surface area contributed by atoms with E-state index in [0.29, 0.717) is 13.0 Å². The highest BCUT2D eigenvalue weighted by molar-refractivity contribution is 5.74. The molecule has 5 heteroatoms. The molecule has 0 fully saturated rings. The zero-order chi connectivity index (χ0) is 17.4. The molecular formula is C19H25N3O2. The predicted molar refractivity (Wildman–Crippen MR) is 94.9 cm³/mol. The number of aryl methyl sites for hydroxylation is 1. The molecular weight excluding hydrogens is 302 g/mol. The van der Waals surface area contributed by atoms with Gasteiger partial charge in [-0.15, -0.1) is 0 Å². The number of methoxy groups -OCH3 is 1. The number of hydrogen-bond donors (Lipinski definition) is 2. The summed E-state index contributed by atoms with van der Waals surface area (Å²) >= 11 is 0. The number of carbonyl (C=O) groups excluding carboxylic acids is 1. The monoisotopic (exact) mass is 327 g/mol. The lowest BCUT2D eigenvalue weighted by Gasteiger charge is -2.21. The molecule has 0 saturated heterocycles.